The largest absolute Gasteiger partial charge is 0.352 e. The quantitative estimate of drug-likeness (QED) is 0.223. The maximum Gasteiger partial charge on any atom is 0.228 e. The number of halogens is 3. The Labute approximate surface area is 249 Å². The molecule has 4 aromatic rings. The van der Waals surface area contributed by atoms with Crippen molar-refractivity contribution in [2.45, 2.75) is 17.4 Å². The molecule has 0 N–H and O–H groups in total. The van der Waals surface area contributed by atoms with E-state index in [1.54, 1.807) is 0 Å². The van der Waals surface area contributed by atoms with E-state index in [9.17, 15) is 0 Å². The van der Waals surface area contributed by atoms with Crippen molar-refractivity contribution in [2.75, 3.05) is 52.4 Å². The lowest BCUT2D eigenvalue weighted by Gasteiger charge is -2.37. The molecule has 0 spiro atoms. The minimum absolute atomic E-state index is 0. The summed E-state index contributed by atoms with van der Waals surface area (Å²) in [4.78, 5) is 9.10. The summed E-state index contributed by atoms with van der Waals surface area (Å²) in [6, 6.07) is 41.3. The van der Waals surface area contributed by atoms with Crippen LogP contribution in [0.3, 0.4) is 0 Å². The monoisotopic (exact) mass is 583 g/mol. The fourth-order valence-electron chi connectivity index (χ4n) is 5.05. The smallest absolute Gasteiger partial charge is 0.228 e. The van der Waals surface area contributed by atoms with Gasteiger partial charge in [0.25, 0.3) is 0 Å². The first-order chi connectivity index (χ1) is 18.5. The summed E-state index contributed by atoms with van der Waals surface area (Å²) in [5, 5.41) is 0. The van der Waals surface area contributed by atoms with E-state index >= 15 is 0 Å². The van der Waals surface area contributed by atoms with Crippen LogP contribution in [0.25, 0.3) is 0 Å². The number of benzene rings is 4. The Morgan fingerprint density at radius 1 is 0.487 bits per heavy atom. The molecular weight excluding hydrogens is 547 g/mol. The maximum absolute atomic E-state index is 6.28. The molecule has 0 aliphatic carbocycles. The van der Waals surface area contributed by atoms with Crippen LogP contribution in [-0.4, -0.2) is 42.8 Å². The molecule has 0 atom stereocenters. The first-order valence-electron chi connectivity index (χ1n) is 12.8. The summed E-state index contributed by atoms with van der Waals surface area (Å²) in [5.74, 6) is 0. The van der Waals surface area contributed by atoms with E-state index in [0.29, 0.717) is 0 Å². The minimum Gasteiger partial charge on any atom is -0.352 e. The molecule has 6 rings (SSSR count). The van der Waals surface area contributed by atoms with Gasteiger partial charge >= 0.3 is 0 Å². The molecule has 2 saturated heterocycles. The molecule has 2 heterocycles. The van der Waals surface area contributed by atoms with Gasteiger partial charge in [-0.15, -0.1) is 0 Å². The Kier molecular flexibility index (Phi) is 9.90. The van der Waals surface area contributed by atoms with E-state index in [-0.39, 0.29) is 15.0 Å². The average Bonchev–Trinajstić information content (AvgIpc) is 3.64. The zero-order valence-corrected chi connectivity index (χ0v) is 23.4. The maximum atomic E-state index is 6.28. The third-order valence-corrected chi connectivity index (χ3v) is 7.45. The van der Waals surface area contributed by atoms with Crippen molar-refractivity contribution in [1.29, 1.82) is 0 Å². The second-order valence-electron chi connectivity index (χ2n) is 9.31. The normalized spacial score (nSPS) is 15.6. The Morgan fingerprint density at radius 2 is 0.795 bits per heavy atom. The van der Waals surface area contributed by atoms with Crippen LogP contribution in [0.15, 0.2) is 121 Å². The number of rotatable bonds is 4. The van der Waals surface area contributed by atoms with Crippen molar-refractivity contribution in [1.82, 2.24) is 0 Å². The molecule has 4 aromatic carbocycles. The summed E-state index contributed by atoms with van der Waals surface area (Å²) in [6.45, 7) is 4.81. The van der Waals surface area contributed by atoms with Gasteiger partial charge in [-0.1, -0.05) is 115 Å². The van der Waals surface area contributed by atoms with Crippen LogP contribution in [0.2, 0.25) is 0 Å². The zero-order chi connectivity index (χ0) is 26.4. The van der Waals surface area contributed by atoms with Crippen LogP contribution in [-0.2, 0) is 0 Å². The third-order valence-electron chi connectivity index (χ3n) is 6.86. The number of para-hydroxylation sites is 4. The van der Waals surface area contributed by atoms with E-state index in [1.807, 2.05) is 60.7 Å². The number of alkyl halides is 3. The second-order valence-corrected chi connectivity index (χ2v) is 11.7. The highest BCUT2D eigenvalue weighted by atomic mass is 35.6. The molecule has 2 aliphatic heterocycles. The van der Waals surface area contributed by atoms with Crippen molar-refractivity contribution >= 4 is 57.6 Å². The Bertz CT molecular complexity index is 1170. The van der Waals surface area contributed by atoms with Crippen LogP contribution >= 0.6 is 34.8 Å². The molecule has 7 heteroatoms. The molecule has 206 valence electrons. The van der Waals surface area contributed by atoms with Gasteiger partial charge in [0.2, 0.25) is 3.79 Å². The first-order valence-corrected chi connectivity index (χ1v) is 13.9. The summed E-state index contributed by atoms with van der Waals surface area (Å²) in [5.41, 5.74) is 4.75. The van der Waals surface area contributed by atoms with E-state index in [0.717, 1.165) is 44.2 Å². The Hall–Kier alpha value is -3.05. The molecule has 0 aromatic heterocycles. The van der Waals surface area contributed by atoms with Crippen molar-refractivity contribution in [3.63, 3.8) is 0 Å². The molecule has 2 fully saturated rings. The van der Waals surface area contributed by atoms with E-state index < -0.39 is 3.79 Å². The molecule has 2 aliphatic rings. The van der Waals surface area contributed by atoms with Gasteiger partial charge in [0.1, 0.15) is 0 Å². The molecular formula is C32H37Cl3N4. The van der Waals surface area contributed by atoms with Gasteiger partial charge in [-0.05, 0) is 48.5 Å². The van der Waals surface area contributed by atoms with Crippen LogP contribution in [0.4, 0.5) is 22.7 Å². The van der Waals surface area contributed by atoms with Gasteiger partial charge in [-0.3, -0.25) is 0 Å². The molecule has 39 heavy (non-hydrogen) atoms. The Morgan fingerprint density at radius 3 is 1.10 bits per heavy atom. The number of anilines is 4. The number of hydrogen-bond acceptors (Lipinski definition) is 4. The fourth-order valence-corrected chi connectivity index (χ4v) is 5.76. The lowest BCUT2D eigenvalue weighted by atomic mass is 10.2. The van der Waals surface area contributed by atoms with Crippen molar-refractivity contribution in [3.8, 4) is 0 Å². The second kappa shape index (κ2) is 13.3. The van der Waals surface area contributed by atoms with Crippen molar-refractivity contribution in [3.05, 3.63) is 121 Å². The SMILES string of the molecule is C.ClC(Cl)(Cl)C1N(c2ccccc2)CCN1c1ccccc1.[2HH].c1ccc(N2CCN(c3ccccc3)C2)cc1. The average molecular weight is 585 g/mol. The van der Waals surface area contributed by atoms with E-state index in [1.165, 1.54) is 11.4 Å². The van der Waals surface area contributed by atoms with Gasteiger partial charge in [-0.25, -0.2) is 0 Å². The van der Waals surface area contributed by atoms with Crippen LogP contribution in [0.1, 0.15) is 8.85 Å². The minimum atomic E-state index is -1.40. The molecule has 0 saturated carbocycles. The first kappa shape index (κ1) is 28.9. The van der Waals surface area contributed by atoms with Gasteiger partial charge in [0.15, 0.2) is 6.17 Å². The highest BCUT2D eigenvalue weighted by Crippen LogP contribution is 2.41. The standard InChI is InChI=1S/C16H15Cl3N2.C15H16N2.CH4.H2/c17-16(18,19)15-20(13-7-3-1-4-8-13)11-12-21(15)14-9-5-2-6-10-14;1-3-7-14(8-4-1)16-11-12-17(13-16)15-9-5-2-6-10-15;;/h1-10,15H,11-12H2;1-10H,11-13H2;1H4;1H/i;;;1+1. The molecule has 4 nitrogen and oxygen atoms in total. The summed E-state index contributed by atoms with van der Waals surface area (Å²) in [6.07, 6.45) is -0.327. The van der Waals surface area contributed by atoms with E-state index in [2.05, 4.69) is 80.3 Å². The lowest BCUT2D eigenvalue weighted by molar-refractivity contribution is 0.681. The van der Waals surface area contributed by atoms with E-state index in [4.69, 9.17) is 34.8 Å². The summed E-state index contributed by atoms with van der Waals surface area (Å²) < 4.78 is -1.40. The predicted octanol–water partition coefficient (Wildman–Crippen LogP) is 8.56. The number of nitrogens with zero attached hydrogens (tertiary/aromatic N) is 4. The molecule has 0 amide bonds. The highest BCUT2D eigenvalue weighted by molar-refractivity contribution is 6.68. The Balaban J connectivity index is 0.000000214. The highest BCUT2D eigenvalue weighted by Gasteiger charge is 2.45. The molecule has 0 bridgehead atoms. The molecule has 0 unspecified atom stereocenters. The van der Waals surface area contributed by atoms with Crippen LogP contribution < -0.4 is 19.6 Å². The lowest BCUT2D eigenvalue weighted by Crippen LogP contribution is -2.48. The third kappa shape index (κ3) is 7.13. The number of hydrogen-bond donors (Lipinski definition) is 0. The van der Waals surface area contributed by atoms with Crippen LogP contribution in [0.5, 0.6) is 0 Å². The van der Waals surface area contributed by atoms with Crippen molar-refractivity contribution < 1.29 is 1.43 Å². The summed E-state index contributed by atoms with van der Waals surface area (Å²) >= 11 is 18.8. The molecule has 0 radical (unpaired) electrons. The van der Waals surface area contributed by atoms with Crippen molar-refractivity contribution in [2.24, 2.45) is 0 Å². The van der Waals surface area contributed by atoms with Crippen LogP contribution in [0, 0.1) is 0 Å². The topological polar surface area (TPSA) is 13.0 Å². The predicted molar refractivity (Wildman–Crippen MR) is 173 cm³/mol. The summed E-state index contributed by atoms with van der Waals surface area (Å²) in [7, 11) is 0. The van der Waals surface area contributed by atoms with Gasteiger partial charge in [-0.2, -0.15) is 0 Å². The zero-order valence-electron chi connectivity index (χ0n) is 21.1. The van der Waals surface area contributed by atoms with Gasteiger partial charge in [0.05, 0.1) is 6.67 Å². The van der Waals surface area contributed by atoms with Gasteiger partial charge in [0, 0.05) is 50.4 Å². The fraction of sp³-hybridized carbons (Fsp3) is 0.250. The van der Waals surface area contributed by atoms with Gasteiger partial charge < -0.3 is 19.6 Å².